The molecule has 0 unspecified atom stereocenters. The summed E-state index contributed by atoms with van der Waals surface area (Å²) in [6.07, 6.45) is 1.05. The van der Waals surface area contributed by atoms with Gasteiger partial charge in [0.05, 0.1) is 45.4 Å². The Hall–Kier alpha value is -2.66. The van der Waals surface area contributed by atoms with Crippen molar-refractivity contribution in [2.75, 3.05) is 13.1 Å². The Labute approximate surface area is 228 Å². The molecule has 1 N–H and O–H groups in total. The SMILES string of the molecule is CCCCCN(CC(=O)c1c(Cl)cncc1Cl)C(=O)c1cnn(C2CCC(C)(C(=O)O)CC2)c1C(F)(F)F. The average Bonchev–Trinajstić information content (AvgIpc) is 3.29. The number of carboxylic acid groups (broad SMARTS) is 1. The van der Waals surface area contributed by atoms with Gasteiger partial charge in [0.15, 0.2) is 11.5 Å². The van der Waals surface area contributed by atoms with E-state index >= 15 is 0 Å². The number of carboxylic acids is 1. The molecule has 0 aliphatic heterocycles. The number of amides is 1. The number of rotatable bonds is 10. The van der Waals surface area contributed by atoms with Crippen LogP contribution in [-0.4, -0.2) is 55.5 Å². The number of carbonyl (C=O) groups excluding carboxylic acids is 2. The van der Waals surface area contributed by atoms with Crippen LogP contribution in [0.4, 0.5) is 13.2 Å². The van der Waals surface area contributed by atoms with E-state index in [1.54, 1.807) is 6.92 Å². The number of Topliss-reactive ketones (excluding diaryl/α,β-unsaturated/α-hetero) is 1. The number of unbranched alkanes of at least 4 members (excludes halogenated alkanes) is 2. The molecule has 13 heteroatoms. The lowest BCUT2D eigenvalue weighted by Crippen LogP contribution is -2.38. The molecule has 208 valence electrons. The number of aliphatic carboxylic acids is 1. The molecule has 0 saturated heterocycles. The van der Waals surface area contributed by atoms with Gasteiger partial charge in [-0.3, -0.25) is 24.0 Å². The number of pyridine rings is 1. The number of alkyl halides is 3. The number of hydrogen-bond donors (Lipinski definition) is 1. The van der Waals surface area contributed by atoms with E-state index in [9.17, 15) is 32.7 Å². The van der Waals surface area contributed by atoms with Crippen molar-refractivity contribution in [2.45, 2.75) is 71.0 Å². The summed E-state index contributed by atoms with van der Waals surface area (Å²) < 4.78 is 43.7. The highest BCUT2D eigenvalue weighted by Gasteiger charge is 2.45. The van der Waals surface area contributed by atoms with Gasteiger partial charge >= 0.3 is 12.1 Å². The molecule has 0 radical (unpaired) electrons. The highest BCUT2D eigenvalue weighted by molar-refractivity contribution is 6.39. The molecule has 2 heterocycles. The Balaban J connectivity index is 1.94. The van der Waals surface area contributed by atoms with Gasteiger partial charge in [0, 0.05) is 18.9 Å². The van der Waals surface area contributed by atoms with Gasteiger partial charge in [-0.15, -0.1) is 0 Å². The van der Waals surface area contributed by atoms with E-state index in [-0.39, 0.29) is 47.8 Å². The fraction of sp³-hybridized carbons (Fsp3) is 0.560. The zero-order chi connectivity index (χ0) is 28.3. The van der Waals surface area contributed by atoms with Gasteiger partial charge in [0.2, 0.25) is 0 Å². The minimum Gasteiger partial charge on any atom is -0.481 e. The first-order valence-electron chi connectivity index (χ1n) is 12.3. The molecule has 1 aliphatic carbocycles. The summed E-state index contributed by atoms with van der Waals surface area (Å²) >= 11 is 12.2. The topological polar surface area (TPSA) is 105 Å². The molecule has 2 aromatic heterocycles. The van der Waals surface area contributed by atoms with E-state index in [2.05, 4.69) is 10.1 Å². The normalized spacial score (nSPS) is 19.8. The molecule has 3 rings (SSSR count). The number of carbonyl (C=O) groups is 3. The highest BCUT2D eigenvalue weighted by atomic mass is 35.5. The van der Waals surface area contributed by atoms with Crippen LogP contribution in [0, 0.1) is 5.41 Å². The van der Waals surface area contributed by atoms with E-state index in [0.717, 1.165) is 22.2 Å². The van der Waals surface area contributed by atoms with Gasteiger partial charge in [-0.1, -0.05) is 43.0 Å². The fourth-order valence-electron chi connectivity index (χ4n) is 4.68. The summed E-state index contributed by atoms with van der Waals surface area (Å²) in [6, 6.07) is -0.717. The second-order valence-electron chi connectivity index (χ2n) is 9.78. The second-order valence-corrected chi connectivity index (χ2v) is 10.6. The molecule has 0 bridgehead atoms. The van der Waals surface area contributed by atoms with Crippen molar-refractivity contribution in [3.8, 4) is 0 Å². The fourth-order valence-corrected chi connectivity index (χ4v) is 5.26. The third-order valence-electron chi connectivity index (χ3n) is 7.00. The first-order chi connectivity index (χ1) is 17.8. The van der Waals surface area contributed by atoms with Crippen LogP contribution in [0.5, 0.6) is 0 Å². The summed E-state index contributed by atoms with van der Waals surface area (Å²) in [5.41, 5.74) is -2.96. The largest absolute Gasteiger partial charge is 0.481 e. The zero-order valence-corrected chi connectivity index (χ0v) is 22.5. The second kappa shape index (κ2) is 12.0. The van der Waals surface area contributed by atoms with E-state index in [1.807, 2.05) is 6.92 Å². The predicted octanol–water partition coefficient (Wildman–Crippen LogP) is 6.33. The lowest BCUT2D eigenvalue weighted by molar-refractivity contribution is -0.152. The van der Waals surface area contributed by atoms with Crippen molar-refractivity contribution < 1.29 is 32.7 Å². The number of aromatic nitrogens is 3. The molecule has 8 nitrogen and oxygen atoms in total. The van der Waals surface area contributed by atoms with Crippen LogP contribution in [0.25, 0.3) is 0 Å². The van der Waals surface area contributed by atoms with Crippen LogP contribution in [0.15, 0.2) is 18.6 Å². The highest BCUT2D eigenvalue weighted by Crippen LogP contribution is 2.43. The summed E-state index contributed by atoms with van der Waals surface area (Å²) in [6.45, 7) is 3.01. The smallest absolute Gasteiger partial charge is 0.433 e. The monoisotopic (exact) mass is 576 g/mol. The average molecular weight is 577 g/mol. The Morgan fingerprint density at radius 2 is 1.74 bits per heavy atom. The van der Waals surface area contributed by atoms with Gasteiger partial charge in [-0.2, -0.15) is 18.3 Å². The van der Waals surface area contributed by atoms with Crippen LogP contribution in [0.3, 0.4) is 0 Å². The molecule has 1 amide bonds. The predicted molar refractivity (Wildman–Crippen MR) is 134 cm³/mol. The lowest BCUT2D eigenvalue weighted by atomic mass is 9.74. The van der Waals surface area contributed by atoms with E-state index in [4.69, 9.17) is 23.2 Å². The Morgan fingerprint density at radius 1 is 1.13 bits per heavy atom. The molecule has 2 aromatic rings. The molecule has 0 spiro atoms. The summed E-state index contributed by atoms with van der Waals surface area (Å²) in [5, 5.41) is 13.3. The maximum atomic E-state index is 14.3. The van der Waals surface area contributed by atoms with E-state index in [0.29, 0.717) is 12.8 Å². The van der Waals surface area contributed by atoms with Crippen LogP contribution in [-0.2, 0) is 11.0 Å². The summed E-state index contributed by atoms with van der Waals surface area (Å²) in [4.78, 5) is 42.9. The van der Waals surface area contributed by atoms with Crippen LogP contribution in [0.1, 0.15) is 91.2 Å². The van der Waals surface area contributed by atoms with Gasteiger partial charge < -0.3 is 10.0 Å². The third kappa shape index (κ3) is 6.48. The minimum absolute atomic E-state index is 0.0297. The van der Waals surface area contributed by atoms with E-state index < -0.39 is 53.1 Å². The van der Waals surface area contributed by atoms with Crippen molar-refractivity contribution in [3.05, 3.63) is 45.5 Å². The standard InChI is InChI=1S/C25H29Cl2F3N4O4/c1-3-4-5-10-33(14-19(35)20-17(26)12-31-13-18(20)27)22(36)16-11-32-34(21(16)25(28,29)30)15-6-8-24(2,9-7-15)23(37)38/h11-13,15H,3-10,14H2,1-2H3,(H,37,38). The van der Waals surface area contributed by atoms with Crippen molar-refractivity contribution in [3.63, 3.8) is 0 Å². The number of nitrogens with zero attached hydrogens (tertiary/aromatic N) is 4. The number of ketones is 1. The van der Waals surface area contributed by atoms with Gasteiger partial charge in [-0.25, -0.2) is 0 Å². The van der Waals surface area contributed by atoms with Gasteiger partial charge in [0.25, 0.3) is 5.91 Å². The van der Waals surface area contributed by atoms with Crippen LogP contribution in [0.2, 0.25) is 10.0 Å². The zero-order valence-electron chi connectivity index (χ0n) is 21.0. The number of halogens is 5. The Morgan fingerprint density at radius 3 is 2.26 bits per heavy atom. The molecule has 1 saturated carbocycles. The van der Waals surface area contributed by atoms with Crippen LogP contribution < -0.4 is 0 Å². The van der Waals surface area contributed by atoms with Crippen molar-refractivity contribution >= 4 is 40.9 Å². The van der Waals surface area contributed by atoms with Crippen molar-refractivity contribution in [1.29, 1.82) is 0 Å². The molecule has 1 fully saturated rings. The Bertz CT molecular complexity index is 1170. The number of hydrogen-bond acceptors (Lipinski definition) is 5. The van der Waals surface area contributed by atoms with Gasteiger partial charge in [-0.05, 0) is 39.0 Å². The molecule has 0 atom stereocenters. The molecular weight excluding hydrogens is 548 g/mol. The maximum absolute atomic E-state index is 14.3. The first-order valence-corrected chi connectivity index (χ1v) is 13.0. The first kappa shape index (κ1) is 29.9. The minimum atomic E-state index is -4.91. The summed E-state index contributed by atoms with van der Waals surface area (Å²) in [5.74, 6) is -2.61. The van der Waals surface area contributed by atoms with Crippen LogP contribution >= 0.6 is 23.2 Å². The van der Waals surface area contributed by atoms with Crippen molar-refractivity contribution in [2.24, 2.45) is 5.41 Å². The molecule has 1 aliphatic rings. The van der Waals surface area contributed by atoms with Crippen molar-refractivity contribution in [1.82, 2.24) is 19.7 Å². The maximum Gasteiger partial charge on any atom is 0.433 e. The molecule has 0 aromatic carbocycles. The third-order valence-corrected chi connectivity index (χ3v) is 7.57. The molecule has 38 heavy (non-hydrogen) atoms. The van der Waals surface area contributed by atoms with E-state index in [1.165, 1.54) is 12.4 Å². The summed E-state index contributed by atoms with van der Waals surface area (Å²) in [7, 11) is 0. The molecular formula is C25H29Cl2F3N4O4. The van der Waals surface area contributed by atoms with Gasteiger partial charge in [0.1, 0.15) is 0 Å². The lowest BCUT2D eigenvalue weighted by Gasteiger charge is -2.34. The Kier molecular flexibility index (Phi) is 9.46. The quantitative estimate of drug-likeness (QED) is 0.262.